The van der Waals surface area contributed by atoms with Gasteiger partial charge in [-0.1, -0.05) is 35.3 Å². The highest BCUT2D eigenvalue weighted by atomic mass is 35.5. The van der Waals surface area contributed by atoms with Crippen LogP contribution in [0.15, 0.2) is 48.0 Å². The van der Waals surface area contributed by atoms with Crippen LogP contribution in [-0.2, 0) is 6.42 Å². The number of phenols is 1. The molecule has 0 spiro atoms. The van der Waals surface area contributed by atoms with Crippen molar-refractivity contribution in [3.63, 3.8) is 0 Å². The van der Waals surface area contributed by atoms with E-state index in [1.807, 2.05) is 13.0 Å². The molecule has 0 fully saturated rings. The number of phenolic OH excluding ortho intramolecular Hbond substituents is 1. The third-order valence-electron chi connectivity index (χ3n) is 3.12. The van der Waals surface area contributed by atoms with Gasteiger partial charge in [-0.15, -0.1) is 6.58 Å². The average Bonchev–Trinajstić information content (AvgIpc) is 2.53. The zero-order chi connectivity index (χ0) is 16.8. The molecular formula is C18H17Cl2NO2. The normalized spacial score (nSPS) is 10.9. The lowest BCUT2D eigenvalue weighted by molar-refractivity contribution is 0.317. The summed E-state index contributed by atoms with van der Waals surface area (Å²) < 4.78 is 5.47. The molecule has 5 heteroatoms. The van der Waals surface area contributed by atoms with Crippen LogP contribution in [0.25, 0.3) is 0 Å². The Balaban J connectivity index is 2.40. The van der Waals surface area contributed by atoms with Crippen LogP contribution in [0, 0.1) is 0 Å². The standard InChI is InChI=1S/C18H17Cl2NO2/c1-3-6-13-9-12(10-16(18(13)22)23-4-2)11-21-15-8-5-7-14(19)17(15)20/h3,5,7-11,22H,1,4,6H2,2H3. The van der Waals surface area contributed by atoms with E-state index >= 15 is 0 Å². The average molecular weight is 350 g/mol. The molecule has 0 bridgehead atoms. The Morgan fingerprint density at radius 1 is 1.30 bits per heavy atom. The van der Waals surface area contributed by atoms with Crippen molar-refractivity contribution in [2.24, 2.45) is 4.99 Å². The fourth-order valence-corrected chi connectivity index (χ4v) is 2.42. The molecule has 0 amide bonds. The van der Waals surface area contributed by atoms with E-state index in [4.69, 9.17) is 27.9 Å². The summed E-state index contributed by atoms with van der Waals surface area (Å²) in [6.07, 6.45) is 3.91. The Hall–Kier alpha value is -1.97. The van der Waals surface area contributed by atoms with E-state index in [-0.39, 0.29) is 5.75 Å². The first-order valence-electron chi connectivity index (χ1n) is 7.14. The summed E-state index contributed by atoms with van der Waals surface area (Å²) in [6, 6.07) is 8.83. The van der Waals surface area contributed by atoms with Gasteiger partial charge in [-0.05, 0) is 43.2 Å². The molecule has 0 saturated heterocycles. The van der Waals surface area contributed by atoms with Gasteiger partial charge in [0.1, 0.15) is 0 Å². The first kappa shape index (κ1) is 17.4. The van der Waals surface area contributed by atoms with Crippen molar-refractivity contribution in [2.45, 2.75) is 13.3 Å². The van der Waals surface area contributed by atoms with Crippen molar-refractivity contribution < 1.29 is 9.84 Å². The number of ether oxygens (including phenoxy) is 1. The first-order chi connectivity index (χ1) is 11.1. The third-order valence-corrected chi connectivity index (χ3v) is 3.93. The second-order valence-corrected chi connectivity index (χ2v) is 5.57. The second-order valence-electron chi connectivity index (χ2n) is 4.78. The molecule has 2 aromatic rings. The van der Waals surface area contributed by atoms with Crippen molar-refractivity contribution >= 4 is 35.1 Å². The van der Waals surface area contributed by atoms with Crippen LogP contribution in [0.1, 0.15) is 18.1 Å². The van der Waals surface area contributed by atoms with E-state index < -0.39 is 0 Å². The van der Waals surface area contributed by atoms with Crippen LogP contribution in [0.5, 0.6) is 11.5 Å². The largest absolute Gasteiger partial charge is 0.504 e. The van der Waals surface area contributed by atoms with Crippen molar-refractivity contribution in [1.82, 2.24) is 0 Å². The van der Waals surface area contributed by atoms with E-state index in [1.165, 1.54) is 0 Å². The summed E-state index contributed by atoms with van der Waals surface area (Å²) in [6.45, 7) is 6.02. The SMILES string of the molecule is C=CCc1cc(C=Nc2cccc(Cl)c2Cl)cc(OCC)c1O. The van der Waals surface area contributed by atoms with Gasteiger partial charge in [-0.2, -0.15) is 0 Å². The van der Waals surface area contributed by atoms with E-state index in [1.54, 1.807) is 36.6 Å². The van der Waals surface area contributed by atoms with Gasteiger partial charge in [-0.25, -0.2) is 0 Å². The molecule has 0 unspecified atom stereocenters. The van der Waals surface area contributed by atoms with Crippen LogP contribution in [0.2, 0.25) is 10.0 Å². The number of hydrogen-bond acceptors (Lipinski definition) is 3. The van der Waals surface area contributed by atoms with Gasteiger partial charge in [0, 0.05) is 11.8 Å². The maximum absolute atomic E-state index is 10.2. The lowest BCUT2D eigenvalue weighted by atomic mass is 10.1. The molecule has 2 rings (SSSR count). The Morgan fingerprint density at radius 2 is 2.09 bits per heavy atom. The maximum Gasteiger partial charge on any atom is 0.161 e. The molecule has 120 valence electrons. The van der Waals surface area contributed by atoms with Gasteiger partial charge in [0.25, 0.3) is 0 Å². The maximum atomic E-state index is 10.2. The van der Waals surface area contributed by atoms with Crippen LogP contribution >= 0.6 is 23.2 Å². The fourth-order valence-electron chi connectivity index (χ4n) is 2.08. The highest BCUT2D eigenvalue weighted by Gasteiger charge is 2.10. The first-order valence-corrected chi connectivity index (χ1v) is 7.90. The molecule has 0 saturated carbocycles. The third kappa shape index (κ3) is 4.27. The summed E-state index contributed by atoms with van der Waals surface area (Å²) >= 11 is 12.1. The molecule has 0 aliphatic rings. The Morgan fingerprint density at radius 3 is 2.78 bits per heavy atom. The van der Waals surface area contributed by atoms with Gasteiger partial charge < -0.3 is 9.84 Å². The van der Waals surface area contributed by atoms with Gasteiger partial charge in [-0.3, -0.25) is 4.99 Å². The number of aromatic hydroxyl groups is 1. The van der Waals surface area contributed by atoms with E-state index in [9.17, 15) is 5.11 Å². The number of halogens is 2. The van der Waals surface area contributed by atoms with Crippen LogP contribution in [-0.4, -0.2) is 17.9 Å². The Labute approximate surface area is 145 Å². The summed E-state index contributed by atoms with van der Waals surface area (Å²) in [5.41, 5.74) is 2.10. The lowest BCUT2D eigenvalue weighted by Gasteiger charge is -2.11. The highest BCUT2D eigenvalue weighted by molar-refractivity contribution is 6.43. The van der Waals surface area contributed by atoms with E-state index in [2.05, 4.69) is 11.6 Å². The van der Waals surface area contributed by atoms with Gasteiger partial charge in [0.05, 0.1) is 22.3 Å². The smallest absolute Gasteiger partial charge is 0.161 e. The van der Waals surface area contributed by atoms with E-state index in [0.717, 1.165) is 11.1 Å². The van der Waals surface area contributed by atoms with Gasteiger partial charge in [0.2, 0.25) is 0 Å². The Bertz CT molecular complexity index is 742. The number of allylic oxidation sites excluding steroid dienone is 1. The zero-order valence-electron chi connectivity index (χ0n) is 12.7. The molecular weight excluding hydrogens is 333 g/mol. The van der Waals surface area contributed by atoms with Crippen LogP contribution in [0.3, 0.4) is 0 Å². The van der Waals surface area contributed by atoms with Gasteiger partial charge >= 0.3 is 0 Å². The summed E-state index contributed by atoms with van der Waals surface area (Å²) in [4.78, 5) is 4.36. The lowest BCUT2D eigenvalue weighted by Crippen LogP contribution is -1.96. The molecule has 1 N–H and O–H groups in total. The number of benzene rings is 2. The van der Waals surface area contributed by atoms with Crippen molar-refractivity contribution in [2.75, 3.05) is 6.61 Å². The number of nitrogens with zero attached hydrogens (tertiary/aromatic N) is 1. The molecule has 0 heterocycles. The fraction of sp³-hybridized carbons (Fsp3) is 0.167. The van der Waals surface area contributed by atoms with Crippen LogP contribution in [0.4, 0.5) is 5.69 Å². The minimum absolute atomic E-state index is 0.129. The summed E-state index contributed by atoms with van der Waals surface area (Å²) in [5, 5.41) is 11.0. The number of aliphatic imine (C=N–C) groups is 1. The van der Waals surface area contributed by atoms with E-state index in [0.29, 0.717) is 34.5 Å². The summed E-state index contributed by atoms with van der Waals surface area (Å²) in [7, 11) is 0. The second kappa shape index (κ2) is 8.04. The monoisotopic (exact) mass is 349 g/mol. The predicted octanol–water partition coefficient (Wildman–Crippen LogP) is 5.58. The number of hydrogen-bond donors (Lipinski definition) is 1. The molecule has 3 nitrogen and oxygen atoms in total. The molecule has 0 atom stereocenters. The predicted molar refractivity (Wildman–Crippen MR) is 96.9 cm³/mol. The highest BCUT2D eigenvalue weighted by Crippen LogP contribution is 2.33. The molecule has 0 radical (unpaired) electrons. The number of rotatable bonds is 6. The van der Waals surface area contributed by atoms with Crippen molar-refractivity contribution in [3.8, 4) is 11.5 Å². The molecule has 2 aromatic carbocycles. The van der Waals surface area contributed by atoms with Crippen molar-refractivity contribution in [1.29, 1.82) is 0 Å². The summed E-state index contributed by atoms with van der Waals surface area (Å²) in [5.74, 6) is 0.551. The van der Waals surface area contributed by atoms with Gasteiger partial charge in [0.15, 0.2) is 11.5 Å². The molecule has 23 heavy (non-hydrogen) atoms. The minimum Gasteiger partial charge on any atom is -0.504 e. The Kier molecular flexibility index (Phi) is 6.08. The molecule has 0 aromatic heterocycles. The molecule has 0 aliphatic heterocycles. The van der Waals surface area contributed by atoms with Crippen molar-refractivity contribution in [3.05, 3.63) is 64.2 Å². The minimum atomic E-state index is 0.129. The molecule has 0 aliphatic carbocycles. The quantitative estimate of drug-likeness (QED) is 0.546. The van der Waals surface area contributed by atoms with Crippen LogP contribution < -0.4 is 4.74 Å². The zero-order valence-corrected chi connectivity index (χ0v) is 14.2. The topological polar surface area (TPSA) is 41.8 Å².